The first-order valence-electron chi connectivity index (χ1n) is 6.44. The molecular formula is C14H24FN. The Morgan fingerprint density at radius 1 is 1.31 bits per heavy atom. The zero-order valence-electron chi connectivity index (χ0n) is 10.5. The van der Waals surface area contributed by atoms with Crippen molar-refractivity contribution in [1.29, 1.82) is 0 Å². The third-order valence-corrected chi connectivity index (χ3v) is 3.42. The van der Waals surface area contributed by atoms with Gasteiger partial charge in [0.05, 0.1) is 0 Å². The highest BCUT2D eigenvalue weighted by Crippen LogP contribution is 2.34. The first-order valence-corrected chi connectivity index (χ1v) is 6.44. The summed E-state index contributed by atoms with van der Waals surface area (Å²) >= 11 is 0. The molecule has 1 nitrogen and oxygen atoms in total. The largest absolute Gasteiger partial charge is 0.399 e. The van der Waals surface area contributed by atoms with E-state index in [9.17, 15) is 4.39 Å². The van der Waals surface area contributed by atoms with Crippen LogP contribution in [0.25, 0.3) is 0 Å². The molecule has 0 spiro atoms. The van der Waals surface area contributed by atoms with E-state index in [1.54, 1.807) is 12.2 Å². The van der Waals surface area contributed by atoms with Crippen LogP contribution in [0.15, 0.2) is 23.9 Å². The van der Waals surface area contributed by atoms with Crippen molar-refractivity contribution in [3.8, 4) is 0 Å². The second-order valence-electron chi connectivity index (χ2n) is 4.88. The van der Waals surface area contributed by atoms with Crippen molar-refractivity contribution in [1.82, 2.24) is 0 Å². The zero-order chi connectivity index (χ0) is 12.0. The molecule has 1 aliphatic rings. The van der Waals surface area contributed by atoms with E-state index in [2.05, 4.69) is 6.92 Å². The first kappa shape index (κ1) is 13.3. The summed E-state index contributed by atoms with van der Waals surface area (Å²) in [5, 5.41) is 0. The van der Waals surface area contributed by atoms with Gasteiger partial charge in [0.2, 0.25) is 0 Å². The molecule has 2 heteroatoms. The molecule has 92 valence electrons. The van der Waals surface area contributed by atoms with E-state index in [1.165, 1.54) is 19.3 Å². The van der Waals surface area contributed by atoms with Gasteiger partial charge in [-0.25, -0.2) is 4.39 Å². The van der Waals surface area contributed by atoms with Crippen molar-refractivity contribution in [3.63, 3.8) is 0 Å². The average molecular weight is 225 g/mol. The fraction of sp³-hybridized carbons (Fsp3) is 0.714. The van der Waals surface area contributed by atoms with Crippen molar-refractivity contribution >= 4 is 0 Å². The maximum atomic E-state index is 14.5. The minimum absolute atomic E-state index is 0.0938. The molecule has 2 atom stereocenters. The monoisotopic (exact) mass is 225 g/mol. The minimum atomic E-state index is -1.17. The standard InChI is InChI=1S/C14H24FN/c1-3-4-5-6-7-9-14(15)10-8-13(16)11-12(14)2/h8,10-12H,3-7,9,16H2,1-2H3. The minimum Gasteiger partial charge on any atom is -0.399 e. The Labute approximate surface area is 98.6 Å². The van der Waals surface area contributed by atoms with Crippen LogP contribution in [0.3, 0.4) is 0 Å². The number of hydrogen-bond acceptors (Lipinski definition) is 1. The molecule has 0 aromatic heterocycles. The normalized spacial score (nSPS) is 29.2. The fourth-order valence-corrected chi connectivity index (χ4v) is 2.18. The Bertz CT molecular complexity index is 270. The molecule has 2 unspecified atom stereocenters. The van der Waals surface area contributed by atoms with E-state index in [0.717, 1.165) is 12.8 Å². The van der Waals surface area contributed by atoms with E-state index < -0.39 is 5.67 Å². The molecule has 0 radical (unpaired) electrons. The molecule has 16 heavy (non-hydrogen) atoms. The molecule has 0 heterocycles. The van der Waals surface area contributed by atoms with Crippen LogP contribution in [-0.2, 0) is 0 Å². The van der Waals surface area contributed by atoms with Crippen LogP contribution in [0.5, 0.6) is 0 Å². The van der Waals surface area contributed by atoms with Gasteiger partial charge in [-0.3, -0.25) is 0 Å². The number of allylic oxidation sites excluding steroid dienone is 3. The van der Waals surface area contributed by atoms with Gasteiger partial charge in [-0.1, -0.05) is 45.6 Å². The molecule has 1 aliphatic carbocycles. The van der Waals surface area contributed by atoms with E-state index in [-0.39, 0.29) is 5.92 Å². The van der Waals surface area contributed by atoms with Crippen LogP contribution in [0.2, 0.25) is 0 Å². The lowest BCUT2D eigenvalue weighted by molar-refractivity contribution is 0.155. The van der Waals surface area contributed by atoms with Gasteiger partial charge in [-0.15, -0.1) is 0 Å². The van der Waals surface area contributed by atoms with Crippen molar-refractivity contribution in [3.05, 3.63) is 23.9 Å². The van der Waals surface area contributed by atoms with Gasteiger partial charge in [-0.05, 0) is 25.0 Å². The van der Waals surface area contributed by atoms with Crippen molar-refractivity contribution < 1.29 is 4.39 Å². The summed E-state index contributed by atoms with van der Waals surface area (Å²) in [4.78, 5) is 0. The Morgan fingerprint density at radius 2 is 2.00 bits per heavy atom. The third kappa shape index (κ3) is 3.66. The summed E-state index contributed by atoms with van der Waals surface area (Å²) in [7, 11) is 0. The average Bonchev–Trinajstić information content (AvgIpc) is 2.24. The molecule has 1 rings (SSSR count). The summed E-state index contributed by atoms with van der Waals surface area (Å²) in [6.07, 6.45) is 11.6. The van der Waals surface area contributed by atoms with E-state index in [1.807, 2.05) is 13.0 Å². The lowest BCUT2D eigenvalue weighted by Crippen LogP contribution is -2.30. The molecular weight excluding hydrogens is 201 g/mol. The lowest BCUT2D eigenvalue weighted by Gasteiger charge is -2.29. The predicted molar refractivity (Wildman–Crippen MR) is 67.8 cm³/mol. The van der Waals surface area contributed by atoms with Gasteiger partial charge < -0.3 is 5.73 Å². The fourth-order valence-electron chi connectivity index (χ4n) is 2.18. The van der Waals surface area contributed by atoms with Crippen LogP contribution < -0.4 is 5.73 Å². The van der Waals surface area contributed by atoms with E-state index >= 15 is 0 Å². The highest BCUT2D eigenvalue weighted by Gasteiger charge is 2.33. The Hall–Kier alpha value is -0.790. The predicted octanol–water partition coefficient (Wildman–Crippen LogP) is 4.10. The molecule has 2 N–H and O–H groups in total. The van der Waals surface area contributed by atoms with Crippen LogP contribution in [-0.4, -0.2) is 5.67 Å². The molecule has 0 fully saturated rings. The Kier molecular flexibility index (Phi) is 5.04. The highest BCUT2D eigenvalue weighted by atomic mass is 19.1. The molecule has 0 aromatic carbocycles. The summed E-state index contributed by atoms with van der Waals surface area (Å²) in [5.41, 5.74) is 5.16. The molecule has 0 saturated heterocycles. The number of halogens is 1. The molecule has 0 aromatic rings. The number of alkyl halides is 1. The molecule has 0 bridgehead atoms. The van der Waals surface area contributed by atoms with Crippen molar-refractivity contribution in [2.75, 3.05) is 0 Å². The van der Waals surface area contributed by atoms with Gasteiger partial charge in [0.25, 0.3) is 0 Å². The van der Waals surface area contributed by atoms with Gasteiger partial charge in [0.1, 0.15) is 5.67 Å². The van der Waals surface area contributed by atoms with Gasteiger partial charge >= 0.3 is 0 Å². The Balaban J connectivity index is 2.33. The van der Waals surface area contributed by atoms with Crippen LogP contribution in [0, 0.1) is 5.92 Å². The van der Waals surface area contributed by atoms with E-state index in [4.69, 9.17) is 5.73 Å². The molecule has 0 saturated carbocycles. The number of rotatable bonds is 6. The quantitative estimate of drug-likeness (QED) is 0.676. The molecule has 0 aliphatic heterocycles. The van der Waals surface area contributed by atoms with E-state index in [0.29, 0.717) is 12.1 Å². The number of hydrogen-bond donors (Lipinski definition) is 1. The number of nitrogens with two attached hydrogens (primary N) is 1. The van der Waals surface area contributed by atoms with Crippen molar-refractivity contribution in [2.24, 2.45) is 11.7 Å². The van der Waals surface area contributed by atoms with Gasteiger partial charge in [0, 0.05) is 11.6 Å². The van der Waals surface area contributed by atoms with Crippen LogP contribution >= 0.6 is 0 Å². The second kappa shape index (κ2) is 6.07. The highest BCUT2D eigenvalue weighted by molar-refractivity contribution is 5.27. The smallest absolute Gasteiger partial charge is 0.135 e. The maximum Gasteiger partial charge on any atom is 0.135 e. The summed E-state index contributed by atoms with van der Waals surface area (Å²) in [6, 6.07) is 0. The summed E-state index contributed by atoms with van der Waals surface area (Å²) in [6.45, 7) is 4.10. The van der Waals surface area contributed by atoms with Gasteiger partial charge in [-0.2, -0.15) is 0 Å². The zero-order valence-corrected chi connectivity index (χ0v) is 10.5. The van der Waals surface area contributed by atoms with Crippen molar-refractivity contribution in [2.45, 2.75) is 58.0 Å². The maximum absolute atomic E-state index is 14.5. The topological polar surface area (TPSA) is 26.0 Å². The molecule has 0 amide bonds. The van der Waals surface area contributed by atoms with Crippen LogP contribution in [0.4, 0.5) is 4.39 Å². The van der Waals surface area contributed by atoms with Gasteiger partial charge in [0.15, 0.2) is 0 Å². The second-order valence-corrected chi connectivity index (χ2v) is 4.88. The summed E-state index contributed by atoms with van der Waals surface area (Å²) in [5.74, 6) is -0.0938. The number of unbranched alkanes of at least 4 members (excludes halogenated alkanes) is 4. The third-order valence-electron chi connectivity index (χ3n) is 3.42. The lowest BCUT2D eigenvalue weighted by atomic mass is 9.82. The Morgan fingerprint density at radius 3 is 2.62 bits per heavy atom. The SMILES string of the molecule is CCCCCCCC1(F)C=CC(N)=CC1C. The van der Waals surface area contributed by atoms with Crippen LogP contribution in [0.1, 0.15) is 52.4 Å². The summed E-state index contributed by atoms with van der Waals surface area (Å²) < 4.78 is 14.5. The first-order chi connectivity index (χ1) is 7.58.